The minimum absolute atomic E-state index is 0.0234. The minimum Gasteiger partial charge on any atom is -0.350 e. The molecule has 2 amide bonds. The van der Waals surface area contributed by atoms with E-state index in [9.17, 15) is 9.59 Å². The molecule has 1 N–H and O–H groups in total. The molecule has 0 radical (unpaired) electrons. The van der Waals surface area contributed by atoms with E-state index in [4.69, 9.17) is 0 Å². The van der Waals surface area contributed by atoms with Gasteiger partial charge in [0.1, 0.15) is 5.69 Å². The van der Waals surface area contributed by atoms with Crippen LogP contribution in [-0.4, -0.2) is 40.8 Å². The highest BCUT2D eigenvalue weighted by atomic mass is 16.2. The molecule has 2 heterocycles. The molecule has 5 heteroatoms. The quantitative estimate of drug-likeness (QED) is 0.882. The lowest BCUT2D eigenvalue weighted by Gasteiger charge is -2.46. The van der Waals surface area contributed by atoms with Gasteiger partial charge in [0, 0.05) is 36.4 Å². The van der Waals surface area contributed by atoms with Crippen LogP contribution in [-0.2, 0) is 4.79 Å². The van der Waals surface area contributed by atoms with Crippen LogP contribution in [0.3, 0.4) is 0 Å². The first-order valence-corrected chi connectivity index (χ1v) is 10.1. The number of carbonyl (C=O) groups excluding carboxylic acids is 2. The number of amides is 2. The summed E-state index contributed by atoms with van der Waals surface area (Å²) in [7, 11) is 0. The van der Waals surface area contributed by atoms with Gasteiger partial charge >= 0.3 is 0 Å². The molecular weight excluding hydrogens is 338 g/mol. The number of nitrogens with one attached hydrogen (secondary N) is 1. The number of hydrogen-bond donors (Lipinski definition) is 1. The second kappa shape index (κ2) is 7.29. The lowest BCUT2D eigenvalue weighted by atomic mass is 9.74. The van der Waals surface area contributed by atoms with E-state index >= 15 is 0 Å². The maximum absolute atomic E-state index is 12.7. The van der Waals surface area contributed by atoms with E-state index in [1.807, 2.05) is 30.3 Å². The monoisotopic (exact) mass is 365 g/mol. The van der Waals surface area contributed by atoms with Gasteiger partial charge in [-0.25, -0.2) is 4.98 Å². The van der Waals surface area contributed by atoms with E-state index < -0.39 is 0 Å². The van der Waals surface area contributed by atoms with E-state index in [-0.39, 0.29) is 23.3 Å². The van der Waals surface area contributed by atoms with Crippen molar-refractivity contribution in [2.75, 3.05) is 13.1 Å². The molecule has 1 saturated heterocycles. The topological polar surface area (TPSA) is 62.3 Å². The molecule has 0 unspecified atom stereocenters. The Morgan fingerprint density at radius 3 is 2.96 bits per heavy atom. The summed E-state index contributed by atoms with van der Waals surface area (Å²) in [5, 5.41) is 4.17. The third kappa shape index (κ3) is 3.31. The van der Waals surface area contributed by atoms with Gasteiger partial charge < -0.3 is 10.2 Å². The Kier molecular flexibility index (Phi) is 4.85. The van der Waals surface area contributed by atoms with Crippen LogP contribution in [0.4, 0.5) is 0 Å². The molecule has 27 heavy (non-hydrogen) atoms. The summed E-state index contributed by atoms with van der Waals surface area (Å²) in [5.74, 6) is 0.154. The average Bonchev–Trinajstić information content (AvgIpc) is 3.13. The summed E-state index contributed by atoms with van der Waals surface area (Å²) in [6.07, 6.45) is 5.71. The molecule has 2 aromatic rings. The third-order valence-electron chi connectivity index (χ3n) is 6.29. The van der Waals surface area contributed by atoms with Gasteiger partial charge in [0.25, 0.3) is 5.91 Å². The molecule has 1 saturated carbocycles. The third-order valence-corrected chi connectivity index (χ3v) is 6.29. The molecule has 2 aliphatic rings. The number of pyridine rings is 1. The summed E-state index contributed by atoms with van der Waals surface area (Å²) in [6.45, 7) is 3.57. The van der Waals surface area contributed by atoms with Crippen LogP contribution in [0, 0.1) is 5.41 Å². The molecular formula is C22H27N3O2. The summed E-state index contributed by atoms with van der Waals surface area (Å²) < 4.78 is 0. The summed E-state index contributed by atoms with van der Waals surface area (Å²) in [4.78, 5) is 31.7. The first-order valence-electron chi connectivity index (χ1n) is 10.1. The zero-order valence-electron chi connectivity index (χ0n) is 15.9. The Hall–Kier alpha value is -2.43. The van der Waals surface area contributed by atoms with Crippen molar-refractivity contribution in [2.24, 2.45) is 5.41 Å². The summed E-state index contributed by atoms with van der Waals surface area (Å²) in [5.41, 5.74) is 1.31. The number of para-hydroxylation sites is 1. The number of fused-ring (bicyclic) bond motifs is 2. The van der Waals surface area contributed by atoms with Gasteiger partial charge in [-0.15, -0.1) is 0 Å². The fourth-order valence-electron chi connectivity index (χ4n) is 4.93. The van der Waals surface area contributed by atoms with Gasteiger partial charge in [-0.1, -0.05) is 37.6 Å². The Morgan fingerprint density at radius 2 is 2.11 bits per heavy atom. The summed E-state index contributed by atoms with van der Waals surface area (Å²) in [6, 6.07) is 11.8. The molecule has 1 aromatic carbocycles. The van der Waals surface area contributed by atoms with Crippen LogP contribution in [0.15, 0.2) is 36.4 Å². The van der Waals surface area contributed by atoms with E-state index in [0.717, 1.165) is 49.6 Å². The van der Waals surface area contributed by atoms with Crippen LogP contribution >= 0.6 is 0 Å². The SMILES string of the molecule is CCCN1C(=O)CC[C@]2(CNC(=O)c3ccc4ccccc4n3)CCC[C@@H]12. The molecule has 4 rings (SSSR count). The predicted molar refractivity (Wildman–Crippen MR) is 105 cm³/mol. The molecule has 5 nitrogen and oxygen atoms in total. The first-order chi connectivity index (χ1) is 13.1. The van der Waals surface area contributed by atoms with Crippen LogP contribution in [0.5, 0.6) is 0 Å². The van der Waals surface area contributed by atoms with Gasteiger partial charge in [-0.3, -0.25) is 9.59 Å². The number of benzene rings is 1. The van der Waals surface area contributed by atoms with Crippen molar-refractivity contribution in [3.8, 4) is 0 Å². The zero-order valence-corrected chi connectivity index (χ0v) is 15.9. The fourth-order valence-corrected chi connectivity index (χ4v) is 4.93. The average molecular weight is 365 g/mol. The number of piperidine rings is 1. The molecule has 2 atom stereocenters. The van der Waals surface area contributed by atoms with E-state index in [1.54, 1.807) is 6.07 Å². The number of carbonyl (C=O) groups is 2. The number of nitrogens with zero attached hydrogens (tertiary/aromatic N) is 2. The van der Waals surface area contributed by atoms with Gasteiger partial charge in [-0.05, 0) is 37.8 Å². The second-order valence-corrected chi connectivity index (χ2v) is 7.93. The number of aromatic nitrogens is 1. The maximum atomic E-state index is 12.7. The van der Waals surface area contributed by atoms with Gasteiger partial charge in [0.05, 0.1) is 5.52 Å². The Labute approximate surface area is 160 Å². The van der Waals surface area contributed by atoms with Gasteiger partial charge in [0.15, 0.2) is 0 Å². The Balaban J connectivity index is 1.49. The molecule has 0 bridgehead atoms. The van der Waals surface area contributed by atoms with E-state index in [1.165, 1.54) is 0 Å². The smallest absolute Gasteiger partial charge is 0.269 e. The van der Waals surface area contributed by atoms with Crippen molar-refractivity contribution >= 4 is 22.7 Å². The number of likely N-dealkylation sites (tertiary alicyclic amines) is 1. The highest BCUT2D eigenvalue weighted by Gasteiger charge is 2.49. The van der Waals surface area contributed by atoms with Crippen LogP contribution in [0.1, 0.15) is 55.9 Å². The molecule has 1 aliphatic heterocycles. The number of hydrogen-bond acceptors (Lipinski definition) is 3. The molecule has 2 fully saturated rings. The van der Waals surface area contributed by atoms with Crippen molar-refractivity contribution < 1.29 is 9.59 Å². The molecule has 1 aliphatic carbocycles. The van der Waals surface area contributed by atoms with Crippen LogP contribution in [0.2, 0.25) is 0 Å². The van der Waals surface area contributed by atoms with Crippen molar-refractivity contribution in [3.05, 3.63) is 42.1 Å². The zero-order chi connectivity index (χ0) is 18.9. The summed E-state index contributed by atoms with van der Waals surface area (Å²) >= 11 is 0. The normalized spacial score (nSPS) is 24.9. The highest BCUT2D eigenvalue weighted by Crippen LogP contribution is 2.47. The lowest BCUT2D eigenvalue weighted by molar-refractivity contribution is -0.141. The van der Waals surface area contributed by atoms with Crippen molar-refractivity contribution in [1.29, 1.82) is 0 Å². The standard InChI is InChI=1S/C22H27N3O2/c1-2-14-25-19-8-5-12-22(19,13-11-20(25)26)15-23-21(27)18-10-9-16-6-3-4-7-17(16)24-18/h3-4,6-7,9-10,19H,2,5,8,11-15H2,1H3,(H,23,27)/t19-,22+/m1/s1. The highest BCUT2D eigenvalue weighted by molar-refractivity contribution is 5.94. The van der Waals surface area contributed by atoms with Crippen molar-refractivity contribution in [3.63, 3.8) is 0 Å². The van der Waals surface area contributed by atoms with Gasteiger partial charge in [0.2, 0.25) is 5.91 Å². The minimum atomic E-state index is -0.125. The van der Waals surface area contributed by atoms with Crippen LogP contribution < -0.4 is 5.32 Å². The second-order valence-electron chi connectivity index (χ2n) is 7.93. The van der Waals surface area contributed by atoms with Gasteiger partial charge in [-0.2, -0.15) is 0 Å². The Bertz CT molecular complexity index is 866. The van der Waals surface area contributed by atoms with Crippen molar-refractivity contribution in [1.82, 2.24) is 15.2 Å². The van der Waals surface area contributed by atoms with Crippen LogP contribution in [0.25, 0.3) is 10.9 Å². The maximum Gasteiger partial charge on any atom is 0.269 e. The molecule has 0 spiro atoms. The fraction of sp³-hybridized carbons (Fsp3) is 0.500. The lowest BCUT2D eigenvalue weighted by Crippen LogP contribution is -2.56. The largest absolute Gasteiger partial charge is 0.350 e. The van der Waals surface area contributed by atoms with Crippen molar-refractivity contribution in [2.45, 2.75) is 51.5 Å². The molecule has 142 valence electrons. The van der Waals surface area contributed by atoms with E-state index in [0.29, 0.717) is 18.7 Å². The van der Waals surface area contributed by atoms with E-state index in [2.05, 4.69) is 22.1 Å². The predicted octanol–water partition coefficient (Wildman–Crippen LogP) is 3.54. The molecule has 1 aromatic heterocycles. The first kappa shape index (κ1) is 18.0. The number of rotatable bonds is 5. The Morgan fingerprint density at radius 1 is 1.26 bits per heavy atom.